The highest BCUT2D eigenvalue weighted by molar-refractivity contribution is 7.18. The number of halogens is 5. The fourth-order valence-electron chi connectivity index (χ4n) is 3.61. The molecule has 3 rings (SSSR count). The lowest BCUT2D eigenvalue weighted by atomic mass is 9.94. The minimum atomic E-state index is -5.01. The zero-order valence-corrected chi connectivity index (χ0v) is 23.0. The van der Waals surface area contributed by atoms with Crippen molar-refractivity contribution in [2.75, 3.05) is 13.1 Å². The zero-order chi connectivity index (χ0) is 27.9. The SMILES string of the molecule is CCN(CC)C(=O)c1nc(-c2nncn2CC(C)(C)O)sc1-c1ccc(C(C)(O)C(F)(F)F)c(Cl)c1Cl. The van der Waals surface area contributed by atoms with E-state index in [9.17, 15) is 28.2 Å². The first-order valence-corrected chi connectivity index (χ1v) is 12.8. The molecule has 0 aliphatic carbocycles. The number of rotatable bonds is 8. The summed E-state index contributed by atoms with van der Waals surface area (Å²) >= 11 is 13.7. The molecule has 0 spiro atoms. The average molecular weight is 580 g/mol. The van der Waals surface area contributed by atoms with Gasteiger partial charge in [-0.25, -0.2) is 4.98 Å². The minimum Gasteiger partial charge on any atom is -0.389 e. The number of hydrogen-bond acceptors (Lipinski definition) is 7. The van der Waals surface area contributed by atoms with E-state index in [1.54, 1.807) is 32.3 Å². The Kier molecular flexibility index (Phi) is 8.31. The van der Waals surface area contributed by atoms with Crippen LogP contribution in [0, 0.1) is 0 Å². The molecule has 2 aromatic heterocycles. The van der Waals surface area contributed by atoms with Crippen LogP contribution in [0.25, 0.3) is 21.3 Å². The van der Waals surface area contributed by atoms with Crippen molar-refractivity contribution < 1.29 is 28.2 Å². The third-order valence-electron chi connectivity index (χ3n) is 5.65. The third kappa shape index (κ3) is 5.78. The quantitative estimate of drug-likeness (QED) is 0.370. The number of amides is 1. The van der Waals surface area contributed by atoms with E-state index >= 15 is 0 Å². The summed E-state index contributed by atoms with van der Waals surface area (Å²) in [6.07, 6.45) is -3.59. The highest BCUT2D eigenvalue weighted by Gasteiger charge is 2.52. The smallest absolute Gasteiger partial charge is 0.389 e. The molecule has 2 N–H and O–H groups in total. The molecule has 0 radical (unpaired) electrons. The van der Waals surface area contributed by atoms with Crippen LogP contribution in [0.5, 0.6) is 0 Å². The predicted molar refractivity (Wildman–Crippen MR) is 136 cm³/mol. The van der Waals surface area contributed by atoms with Crippen LogP contribution >= 0.6 is 34.5 Å². The molecule has 0 aliphatic heterocycles. The Morgan fingerprint density at radius 2 is 1.73 bits per heavy atom. The Labute approximate surface area is 225 Å². The number of aromatic nitrogens is 4. The van der Waals surface area contributed by atoms with Gasteiger partial charge in [-0.2, -0.15) is 13.2 Å². The maximum atomic E-state index is 13.5. The lowest BCUT2D eigenvalue weighted by molar-refractivity contribution is -0.258. The first kappa shape index (κ1) is 29.3. The van der Waals surface area contributed by atoms with Crippen LogP contribution in [-0.4, -0.2) is 65.6 Å². The van der Waals surface area contributed by atoms with Crippen molar-refractivity contribution >= 4 is 40.4 Å². The largest absolute Gasteiger partial charge is 0.421 e. The molecule has 0 fully saturated rings. The van der Waals surface area contributed by atoms with Crippen LogP contribution in [0.1, 0.15) is 50.7 Å². The van der Waals surface area contributed by atoms with E-state index in [1.165, 1.54) is 17.3 Å². The molecule has 1 amide bonds. The van der Waals surface area contributed by atoms with Crippen molar-refractivity contribution in [3.63, 3.8) is 0 Å². The van der Waals surface area contributed by atoms with Gasteiger partial charge in [0.05, 0.1) is 27.1 Å². The van der Waals surface area contributed by atoms with Gasteiger partial charge in [-0.1, -0.05) is 35.3 Å². The van der Waals surface area contributed by atoms with E-state index in [0.717, 1.165) is 17.4 Å². The van der Waals surface area contributed by atoms with Gasteiger partial charge in [0, 0.05) is 24.2 Å². The summed E-state index contributed by atoms with van der Waals surface area (Å²) in [6.45, 7) is 8.31. The maximum absolute atomic E-state index is 13.5. The molecule has 2 heterocycles. The number of nitrogens with zero attached hydrogens (tertiary/aromatic N) is 5. The molecule has 1 atom stereocenters. The lowest BCUT2D eigenvalue weighted by Gasteiger charge is -2.28. The van der Waals surface area contributed by atoms with E-state index in [2.05, 4.69) is 15.2 Å². The van der Waals surface area contributed by atoms with Gasteiger partial charge in [0.1, 0.15) is 12.0 Å². The Morgan fingerprint density at radius 1 is 1.11 bits per heavy atom. The Balaban J connectivity index is 2.24. The van der Waals surface area contributed by atoms with E-state index in [4.69, 9.17) is 23.2 Å². The Bertz CT molecular complexity index is 1300. The van der Waals surface area contributed by atoms with E-state index in [0.29, 0.717) is 20.0 Å². The molecule has 1 aromatic carbocycles. The van der Waals surface area contributed by atoms with Crippen LogP contribution in [0.3, 0.4) is 0 Å². The molecular formula is C23H26Cl2F3N5O3S. The molecule has 0 aliphatic rings. The standard InChI is InChI=1S/C23H26Cl2F3N5O3S/c1-6-32(7-2)20(34)16-17(37-19(30-16)18-31-29-11-33(18)10-21(3,4)35)12-8-9-13(15(25)14(12)24)22(5,36)23(26,27)28/h8-9,11,35-36H,6-7,10H2,1-5H3. The molecular weight excluding hydrogens is 554 g/mol. The monoisotopic (exact) mass is 579 g/mol. The second-order valence-electron chi connectivity index (χ2n) is 9.13. The van der Waals surface area contributed by atoms with Gasteiger partial charge < -0.3 is 19.7 Å². The highest BCUT2D eigenvalue weighted by Crippen LogP contribution is 2.47. The van der Waals surface area contributed by atoms with Crippen LogP contribution in [0.4, 0.5) is 13.2 Å². The fourth-order valence-corrected chi connectivity index (χ4v) is 5.36. The van der Waals surface area contributed by atoms with Gasteiger partial charge >= 0.3 is 6.18 Å². The lowest BCUT2D eigenvalue weighted by Crippen LogP contribution is -2.39. The molecule has 202 valence electrons. The molecule has 3 aromatic rings. The number of hydrogen-bond donors (Lipinski definition) is 2. The van der Waals surface area contributed by atoms with Gasteiger partial charge in [-0.3, -0.25) is 4.79 Å². The summed E-state index contributed by atoms with van der Waals surface area (Å²) in [7, 11) is 0. The summed E-state index contributed by atoms with van der Waals surface area (Å²) in [5.74, 6) is -0.138. The van der Waals surface area contributed by atoms with Gasteiger partial charge in [0.2, 0.25) is 0 Å². The van der Waals surface area contributed by atoms with E-state index in [1.807, 2.05) is 0 Å². The summed E-state index contributed by atoms with van der Waals surface area (Å²) in [6, 6.07) is 2.29. The summed E-state index contributed by atoms with van der Waals surface area (Å²) in [4.78, 5) is 19.7. The molecule has 0 saturated heterocycles. The number of thiazole rings is 1. The first-order chi connectivity index (χ1) is 17.0. The van der Waals surface area contributed by atoms with Gasteiger partial charge in [-0.15, -0.1) is 21.5 Å². The number of benzene rings is 1. The Hall–Kier alpha value is -2.25. The molecule has 14 heteroatoms. The van der Waals surface area contributed by atoms with Gasteiger partial charge in [0.25, 0.3) is 5.91 Å². The van der Waals surface area contributed by atoms with Crippen LogP contribution in [0.2, 0.25) is 10.0 Å². The van der Waals surface area contributed by atoms with Crippen LogP contribution in [0.15, 0.2) is 18.5 Å². The van der Waals surface area contributed by atoms with Gasteiger partial charge in [0.15, 0.2) is 16.4 Å². The van der Waals surface area contributed by atoms with Crippen molar-refractivity contribution in [2.45, 2.75) is 58.5 Å². The Morgan fingerprint density at radius 3 is 2.27 bits per heavy atom. The van der Waals surface area contributed by atoms with E-state index in [-0.39, 0.29) is 38.5 Å². The average Bonchev–Trinajstić information content (AvgIpc) is 3.41. The summed E-state index contributed by atoms with van der Waals surface area (Å²) in [5, 5.41) is 27.9. The summed E-state index contributed by atoms with van der Waals surface area (Å²) in [5.41, 5.74) is -4.80. The normalized spacial score (nSPS) is 14.1. The number of carbonyl (C=O) groups excluding carboxylic acids is 1. The number of carbonyl (C=O) groups is 1. The summed E-state index contributed by atoms with van der Waals surface area (Å²) < 4.78 is 42.0. The van der Waals surface area contributed by atoms with Crippen molar-refractivity contribution in [1.82, 2.24) is 24.6 Å². The minimum absolute atomic E-state index is 0.00908. The van der Waals surface area contributed by atoms with Crippen molar-refractivity contribution in [1.29, 1.82) is 0 Å². The van der Waals surface area contributed by atoms with Crippen molar-refractivity contribution in [2.24, 2.45) is 0 Å². The molecule has 0 saturated carbocycles. The van der Waals surface area contributed by atoms with E-state index < -0.39 is 33.9 Å². The topological polar surface area (TPSA) is 104 Å². The fraction of sp³-hybridized carbons (Fsp3) is 0.478. The first-order valence-electron chi connectivity index (χ1n) is 11.2. The molecule has 1 unspecified atom stereocenters. The van der Waals surface area contributed by atoms with Crippen LogP contribution in [-0.2, 0) is 12.1 Å². The molecule has 0 bridgehead atoms. The molecule has 37 heavy (non-hydrogen) atoms. The van der Waals surface area contributed by atoms with Crippen LogP contribution < -0.4 is 0 Å². The molecule has 8 nitrogen and oxygen atoms in total. The highest BCUT2D eigenvalue weighted by atomic mass is 35.5. The zero-order valence-electron chi connectivity index (χ0n) is 20.7. The predicted octanol–water partition coefficient (Wildman–Crippen LogP) is 5.40. The number of aliphatic hydroxyl groups is 2. The van der Waals surface area contributed by atoms with Gasteiger partial charge in [-0.05, 0) is 34.6 Å². The maximum Gasteiger partial charge on any atom is 0.421 e. The van der Waals surface area contributed by atoms with Crippen molar-refractivity contribution in [3.8, 4) is 21.3 Å². The second kappa shape index (κ2) is 10.5. The third-order valence-corrected chi connectivity index (χ3v) is 7.61. The number of alkyl halides is 3. The van der Waals surface area contributed by atoms with Crippen molar-refractivity contribution in [3.05, 3.63) is 39.8 Å². The second-order valence-corrected chi connectivity index (χ2v) is 10.9.